The molecular weight excluding hydrogens is 370 g/mol. The van der Waals surface area contributed by atoms with Gasteiger partial charge in [0, 0.05) is 24.2 Å². The lowest BCUT2D eigenvalue weighted by Crippen LogP contribution is -2.34. The van der Waals surface area contributed by atoms with Gasteiger partial charge in [-0.3, -0.25) is 9.59 Å². The molecule has 0 radical (unpaired) electrons. The van der Waals surface area contributed by atoms with E-state index in [1.54, 1.807) is 48.5 Å². The Bertz CT molecular complexity index is 1020. The van der Waals surface area contributed by atoms with E-state index in [9.17, 15) is 9.59 Å². The first-order chi connectivity index (χ1) is 14.2. The quantitative estimate of drug-likeness (QED) is 0.577. The van der Waals surface area contributed by atoms with Crippen molar-refractivity contribution in [3.8, 4) is 11.8 Å². The van der Waals surface area contributed by atoms with Crippen molar-refractivity contribution in [2.24, 2.45) is 0 Å². The van der Waals surface area contributed by atoms with Gasteiger partial charge in [0.05, 0.1) is 17.9 Å². The van der Waals surface area contributed by atoms with Crippen molar-refractivity contribution >= 4 is 11.8 Å². The number of carbonyl (C=O) groups is 2. The van der Waals surface area contributed by atoms with Crippen LogP contribution in [-0.4, -0.2) is 24.9 Å². The van der Waals surface area contributed by atoms with Crippen LogP contribution in [0.2, 0.25) is 0 Å². The highest BCUT2D eigenvalue weighted by Crippen LogP contribution is 2.16. The van der Waals surface area contributed by atoms with E-state index in [0.29, 0.717) is 16.9 Å². The van der Waals surface area contributed by atoms with Crippen LogP contribution in [-0.2, 0) is 6.61 Å². The summed E-state index contributed by atoms with van der Waals surface area (Å²) in [4.78, 5) is 24.0. The van der Waals surface area contributed by atoms with Crippen LogP contribution in [0.15, 0.2) is 71.3 Å². The van der Waals surface area contributed by atoms with E-state index in [0.717, 1.165) is 5.56 Å². The van der Waals surface area contributed by atoms with Crippen LogP contribution in [0.1, 0.15) is 32.0 Å². The maximum absolute atomic E-state index is 12.3. The summed E-state index contributed by atoms with van der Waals surface area (Å²) < 4.78 is 10.7. The van der Waals surface area contributed by atoms with Crippen LogP contribution in [0.5, 0.6) is 5.75 Å². The van der Waals surface area contributed by atoms with E-state index < -0.39 is 0 Å². The molecule has 1 aromatic heterocycles. The van der Waals surface area contributed by atoms with Crippen molar-refractivity contribution in [3.63, 3.8) is 0 Å². The molecule has 3 rings (SSSR count). The summed E-state index contributed by atoms with van der Waals surface area (Å²) >= 11 is 0. The Balaban J connectivity index is 1.49. The number of rotatable bonds is 8. The first-order valence-electron chi connectivity index (χ1n) is 8.98. The van der Waals surface area contributed by atoms with Crippen LogP contribution < -0.4 is 15.4 Å². The number of hydrogen-bond acceptors (Lipinski definition) is 5. The van der Waals surface area contributed by atoms with Crippen LogP contribution in [0.4, 0.5) is 0 Å². The summed E-state index contributed by atoms with van der Waals surface area (Å²) in [6, 6.07) is 19.3. The fourth-order valence-corrected chi connectivity index (χ4v) is 2.59. The minimum absolute atomic E-state index is 0.221. The van der Waals surface area contributed by atoms with Gasteiger partial charge in [0.1, 0.15) is 12.4 Å². The smallest absolute Gasteiger partial charge is 0.287 e. The lowest BCUT2D eigenvalue weighted by Gasteiger charge is -2.10. The Morgan fingerprint density at radius 1 is 0.966 bits per heavy atom. The monoisotopic (exact) mass is 389 g/mol. The third-order valence-corrected chi connectivity index (χ3v) is 4.07. The highest BCUT2D eigenvalue weighted by atomic mass is 16.5. The number of benzene rings is 2. The molecule has 2 aromatic carbocycles. The number of furan rings is 1. The molecule has 0 bridgehead atoms. The molecule has 1 heterocycles. The third-order valence-electron chi connectivity index (χ3n) is 4.07. The fraction of sp³-hybridized carbons (Fsp3) is 0.136. The van der Waals surface area contributed by atoms with Crippen LogP contribution >= 0.6 is 0 Å². The van der Waals surface area contributed by atoms with Gasteiger partial charge in [-0.05, 0) is 36.4 Å². The zero-order chi connectivity index (χ0) is 20.5. The minimum atomic E-state index is -0.336. The van der Waals surface area contributed by atoms with Gasteiger partial charge in [0.25, 0.3) is 11.8 Å². The van der Waals surface area contributed by atoms with E-state index in [-0.39, 0.29) is 37.3 Å². The summed E-state index contributed by atoms with van der Waals surface area (Å²) in [7, 11) is 0. The molecule has 3 aromatic rings. The van der Waals surface area contributed by atoms with Gasteiger partial charge in [0.15, 0.2) is 5.76 Å². The highest BCUT2D eigenvalue weighted by Gasteiger charge is 2.09. The number of nitrogens with zero attached hydrogens (tertiary/aromatic N) is 1. The Hall–Kier alpha value is -4.05. The average Bonchev–Trinajstić information content (AvgIpc) is 3.30. The zero-order valence-electron chi connectivity index (χ0n) is 15.6. The van der Waals surface area contributed by atoms with Gasteiger partial charge in [-0.1, -0.05) is 24.3 Å². The molecule has 7 heteroatoms. The second-order valence-corrected chi connectivity index (χ2v) is 6.07. The van der Waals surface area contributed by atoms with Crippen LogP contribution in [0.25, 0.3) is 0 Å². The first kappa shape index (κ1) is 19.7. The summed E-state index contributed by atoms with van der Waals surface area (Å²) in [6.45, 7) is 0.770. The van der Waals surface area contributed by atoms with Gasteiger partial charge in [-0.15, -0.1) is 0 Å². The minimum Gasteiger partial charge on any atom is -0.489 e. The summed E-state index contributed by atoms with van der Waals surface area (Å²) in [5, 5.41) is 14.5. The van der Waals surface area contributed by atoms with Crippen molar-refractivity contribution in [2.75, 3.05) is 13.1 Å². The number of ether oxygens (including phenoxy) is 1. The highest BCUT2D eigenvalue weighted by molar-refractivity contribution is 5.94. The van der Waals surface area contributed by atoms with Gasteiger partial charge >= 0.3 is 0 Å². The number of nitriles is 1. The van der Waals surface area contributed by atoms with Crippen molar-refractivity contribution < 1.29 is 18.7 Å². The van der Waals surface area contributed by atoms with Crippen molar-refractivity contribution in [1.29, 1.82) is 5.26 Å². The third kappa shape index (κ3) is 5.47. The largest absolute Gasteiger partial charge is 0.489 e. The van der Waals surface area contributed by atoms with E-state index >= 15 is 0 Å². The maximum atomic E-state index is 12.3. The normalized spacial score (nSPS) is 10.0. The average molecular weight is 389 g/mol. The summed E-state index contributed by atoms with van der Waals surface area (Å²) in [5.41, 5.74) is 1.77. The molecule has 7 nitrogen and oxygen atoms in total. The summed E-state index contributed by atoms with van der Waals surface area (Å²) in [6.07, 6.45) is 1.42. The summed E-state index contributed by atoms with van der Waals surface area (Å²) in [5.74, 6) is 0.132. The predicted octanol–water partition coefficient (Wildman–Crippen LogP) is 2.89. The molecule has 0 spiro atoms. The molecule has 0 saturated heterocycles. The molecule has 0 unspecified atom stereocenters. The lowest BCUT2D eigenvalue weighted by atomic mass is 10.1. The number of nitrogens with one attached hydrogen (secondary N) is 2. The topological polar surface area (TPSA) is 104 Å². The van der Waals surface area contributed by atoms with E-state index in [2.05, 4.69) is 16.7 Å². The Kier molecular flexibility index (Phi) is 6.63. The zero-order valence-corrected chi connectivity index (χ0v) is 15.6. The Morgan fingerprint density at radius 2 is 1.76 bits per heavy atom. The predicted molar refractivity (Wildman–Crippen MR) is 105 cm³/mol. The fourth-order valence-electron chi connectivity index (χ4n) is 2.59. The number of carbonyl (C=O) groups excluding carboxylic acids is 2. The molecule has 0 fully saturated rings. The van der Waals surface area contributed by atoms with Gasteiger partial charge < -0.3 is 19.8 Å². The van der Waals surface area contributed by atoms with E-state index in [1.165, 1.54) is 6.26 Å². The standard InChI is InChI=1S/C22H19N3O4/c23-14-17-5-1-2-6-18(17)15-29-19-8-3-7-16(13-19)21(26)24-10-11-25-22(27)20-9-4-12-28-20/h1-9,12-13H,10-11,15H2,(H,24,26)(H,25,27). The molecule has 29 heavy (non-hydrogen) atoms. The SMILES string of the molecule is N#Cc1ccccc1COc1cccc(C(=O)NCCNC(=O)c2ccco2)c1. The molecule has 0 atom stereocenters. The lowest BCUT2D eigenvalue weighted by molar-refractivity contribution is 0.0910. The molecule has 0 aliphatic rings. The number of hydrogen-bond donors (Lipinski definition) is 2. The molecular formula is C22H19N3O4. The van der Waals surface area contributed by atoms with Gasteiger partial charge in [0.2, 0.25) is 0 Å². The van der Waals surface area contributed by atoms with E-state index in [4.69, 9.17) is 14.4 Å². The molecule has 0 aliphatic carbocycles. The molecule has 0 aliphatic heterocycles. The van der Waals surface area contributed by atoms with Crippen LogP contribution in [0.3, 0.4) is 0 Å². The molecule has 2 amide bonds. The molecule has 0 saturated carbocycles. The Labute approximate surface area is 167 Å². The molecule has 2 N–H and O–H groups in total. The van der Waals surface area contributed by atoms with Crippen molar-refractivity contribution in [1.82, 2.24) is 10.6 Å². The molecule has 146 valence electrons. The first-order valence-corrected chi connectivity index (χ1v) is 8.98. The van der Waals surface area contributed by atoms with E-state index in [1.807, 2.05) is 12.1 Å². The van der Waals surface area contributed by atoms with Gasteiger partial charge in [-0.25, -0.2) is 0 Å². The maximum Gasteiger partial charge on any atom is 0.287 e. The second-order valence-electron chi connectivity index (χ2n) is 6.07. The second kappa shape index (κ2) is 9.76. The van der Waals surface area contributed by atoms with Crippen molar-refractivity contribution in [3.05, 3.63) is 89.4 Å². The number of amides is 2. The van der Waals surface area contributed by atoms with Crippen LogP contribution in [0, 0.1) is 11.3 Å². The van der Waals surface area contributed by atoms with Crippen molar-refractivity contribution in [2.45, 2.75) is 6.61 Å². The van der Waals surface area contributed by atoms with Gasteiger partial charge in [-0.2, -0.15) is 5.26 Å². The Morgan fingerprint density at radius 3 is 2.52 bits per heavy atom.